The van der Waals surface area contributed by atoms with Crippen LogP contribution in [0.1, 0.15) is 42.4 Å². The van der Waals surface area contributed by atoms with Crippen molar-refractivity contribution in [3.63, 3.8) is 0 Å². The zero-order valence-corrected chi connectivity index (χ0v) is 11.4. The van der Waals surface area contributed by atoms with E-state index in [1.54, 1.807) is 26.0 Å². The summed E-state index contributed by atoms with van der Waals surface area (Å²) in [5.41, 5.74) is 1.23. The number of nitrogens with zero attached hydrogens (tertiary/aromatic N) is 1. The van der Waals surface area contributed by atoms with Crippen LogP contribution in [-0.4, -0.2) is 22.8 Å². The van der Waals surface area contributed by atoms with Gasteiger partial charge in [0.25, 0.3) is 11.8 Å². The molecular formula is C15H11NO5. The molecule has 6 nitrogen and oxygen atoms in total. The van der Waals surface area contributed by atoms with Crippen LogP contribution in [0.25, 0.3) is 0 Å². The maximum Gasteiger partial charge on any atom is 0.367 e. The number of rotatable bonds is 2. The number of hydroxylamine groups is 2. The Morgan fingerprint density at radius 2 is 1.67 bits per heavy atom. The van der Waals surface area contributed by atoms with E-state index in [1.165, 1.54) is 18.4 Å². The second kappa shape index (κ2) is 4.59. The molecule has 1 aliphatic rings. The fourth-order valence-electron chi connectivity index (χ4n) is 2.26. The Morgan fingerprint density at radius 1 is 1.10 bits per heavy atom. The van der Waals surface area contributed by atoms with Gasteiger partial charge in [0.1, 0.15) is 11.3 Å². The molecule has 0 spiro atoms. The third-order valence-corrected chi connectivity index (χ3v) is 3.29. The van der Waals surface area contributed by atoms with Gasteiger partial charge in [-0.25, -0.2) is 4.79 Å². The summed E-state index contributed by atoms with van der Waals surface area (Å²) in [5, 5.41) is 0.485. The van der Waals surface area contributed by atoms with Crippen LogP contribution in [0.3, 0.4) is 0 Å². The SMILES string of the molecule is Cc1coc(C)c1C(=O)ON1C(=O)c2ccccc2C1=O. The smallest absolute Gasteiger partial charge is 0.367 e. The molecule has 2 aromatic rings. The Kier molecular flexibility index (Phi) is 2.86. The van der Waals surface area contributed by atoms with Crippen molar-refractivity contribution in [2.75, 3.05) is 0 Å². The van der Waals surface area contributed by atoms with Gasteiger partial charge >= 0.3 is 5.97 Å². The predicted octanol–water partition coefficient (Wildman–Crippen LogP) is 2.26. The van der Waals surface area contributed by atoms with E-state index in [0.29, 0.717) is 16.4 Å². The number of carbonyl (C=O) groups excluding carboxylic acids is 3. The Labute approximate surface area is 119 Å². The fourth-order valence-corrected chi connectivity index (χ4v) is 2.26. The van der Waals surface area contributed by atoms with E-state index in [4.69, 9.17) is 9.25 Å². The molecule has 0 bridgehead atoms. The van der Waals surface area contributed by atoms with Crippen LogP contribution < -0.4 is 0 Å². The van der Waals surface area contributed by atoms with Gasteiger partial charge in [0.05, 0.1) is 17.4 Å². The largest absolute Gasteiger partial charge is 0.468 e. The molecule has 3 rings (SSSR count). The molecule has 0 fully saturated rings. The summed E-state index contributed by atoms with van der Waals surface area (Å²) in [6, 6.07) is 6.30. The zero-order valence-electron chi connectivity index (χ0n) is 11.4. The van der Waals surface area contributed by atoms with Crippen molar-refractivity contribution in [1.82, 2.24) is 5.06 Å². The molecule has 1 aromatic heterocycles. The molecule has 0 aliphatic carbocycles. The summed E-state index contributed by atoms with van der Waals surface area (Å²) in [5.74, 6) is -1.73. The van der Waals surface area contributed by atoms with Crippen LogP contribution >= 0.6 is 0 Å². The average molecular weight is 285 g/mol. The zero-order chi connectivity index (χ0) is 15.1. The van der Waals surface area contributed by atoms with Crippen molar-refractivity contribution in [2.24, 2.45) is 0 Å². The summed E-state index contributed by atoms with van der Waals surface area (Å²) >= 11 is 0. The highest BCUT2D eigenvalue weighted by Gasteiger charge is 2.39. The van der Waals surface area contributed by atoms with Crippen LogP contribution in [0.5, 0.6) is 0 Å². The summed E-state index contributed by atoms with van der Waals surface area (Å²) in [6.45, 7) is 3.28. The Morgan fingerprint density at radius 3 is 2.14 bits per heavy atom. The lowest BCUT2D eigenvalue weighted by Crippen LogP contribution is -2.32. The lowest BCUT2D eigenvalue weighted by Gasteiger charge is -2.12. The van der Waals surface area contributed by atoms with Crippen LogP contribution in [0.15, 0.2) is 34.9 Å². The van der Waals surface area contributed by atoms with Gasteiger partial charge in [-0.2, -0.15) is 0 Å². The first kappa shape index (κ1) is 13.1. The number of benzene rings is 1. The van der Waals surface area contributed by atoms with E-state index >= 15 is 0 Å². The minimum Gasteiger partial charge on any atom is -0.468 e. The Bertz CT molecular complexity index is 720. The van der Waals surface area contributed by atoms with Gasteiger partial charge in [-0.1, -0.05) is 17.2 Å². The van der Waals surface area contributed by atoms with Gasteiger partial charge in [-0.05, 0) is 26.0 Å². The van der Waals surface area contributed by atoms with Crippen LogP contribution in [-0.2, 0) is 4.84 Å². The summed E-state index contributed by atoms with van der Waals surface area (Å²) in [7, 11) is 0. The molecular weight excluding hydrogens is 274 g/mol. The molecule has 1 aliphatic heterocycles. The molecule has 6 heteroatoms. The number of amides is 2. The monoisotopic (exact) mass is 285 g/mol. The number of fused-ring (bicyclic) bond motifs is 1. The van der Waals surface area contributed by atoms with Crippen molar-refractivity contribution in [1.29, 1.82) is 0 Å². The molecule has 21 heavy (non-hydrogen) atoms. The van der Waals surface area contributed by atoms with Gasteiger partial charge in [0, 0.05) is 5.56 Å². The molecule has 0 radical (unpaired) electrons. The van der Waals surface area contributed by atoms with Gasteiger partial charge < -0.3 is 9.25 Å². The van der Waals surface area contributed by atoms with E-state index in [9.17, 15) is 14.4 Å². The van der Waals surface area contributed by atoms with E-state index in [-0.39, 0.29) is 16.7 Å². The predicted molar refractivity (Wildman–Crippen MR) is 70.5 cm³/mol. The number of hydrogen-bond acceptors (Lipinski definition) is 5. The normalized spacial score (nSPS) is 13.5. The van der Waals surface area contributed by atoms with E-state index in [0.717, 1.165) is 0 Å². The number of furan rings is 1. The molecule has 106 valence electrons. The number of hydrogen-bond donors (Lipinski definition) is 0. The van der Waals surface area contributed by atoms with Gasteiger partial charge in [-0.15, -0.1) is 0 Å². The lowest BCUT2D eigenvalue weighted by molar-refractivity contribution is -0.0586. The Balaban J connectivity index is 1.89. The maximum atomic E-state index is 12.1. The molecule has 0 saturated carbocycles. The Hall–Kier alpha value is -2.89. The molecule has 0 saturated heterocycles. The van der Waals surface area contributed by atoms with Crippen LogP contribution in [0.2, 0.25) is 0 Å². The van der Waals surface area contributed by atoms with Crippen molar-refractivity contribution in [2.45, 2.75) is 13.8 Å². The topological polar surface area (TPSA) is 76.8 Å². The van der Waals surface area contributed by atoms with Crippen molar-refractivity contribution in [3.05, 3.63) is 58.5 Å². The van der Waals surface area contributed by atoms with Crippen LogP contribution in [0.4, 0.5) is 0 Å². The van der Waals surface area contributed by atoms with Crippen LogP contribution in [0, 0.1) is 13.8 Å². The second-order valence-corrected chi connectivity index (χ2v) is 4.68. The molecule has 2 heterocycles. The van der Waals surface area contributed by atoms with Crippen molar-refractivity contribution < 1.29 is 23.6 Å². The standard InChI is InChI=1S/C15H11NO5/c1-8-7-20-9(2)12(8)15(19)21-16-13(17)10-5-3-4-6-11(10)14(16)18/h3-7H,1-2H3. The van der Waals surface area contributed by atoms with Gasteiger partial charge in [-0.3, -0.25) is 9.59 Å². The van der Waals surface area contributed by atoms with Gasteiger partial charge in [0.2, 0.25) is 0 Å². The quantitative estimate of drug-likeness (QED) is 0.791. The summed E-state index contributed by atoms with van der Waals surface area (Å²) < 4.78 is 5.11. The highest BCUT2D eigenvalue weighted by atomic mass is 16.7. The summed E-state index contributed by atoms with van der Waals surface area (Å²) in [6.07, 6.45) is 1.41. The molecule has 2 amide bonds. The summed E-state index contributed by atoms with van der Waals surface area (Å²) in [4.78, 5) is 41.3. The average Bonchev–Trinajstić information content (AvgIpc) is 2.92. The first-order valence-corrected chi connectivity index (χ1v) is 6.25. The van der Waals surface area contributed by atoms with E-state index < -0.39 is 17.8 Å². The molecule has 0 N–H and O–H groups in total. The van der Waals surface area contributed by atoms with Crippen molar-refractivity contribution >= 4 is 17.8 Å². The van der Waals surface area contributed by atoms with Gasteiger partial charge in [0.15, 0.2) is 0 Å². The van der Waals surface area contributed by atoms with E-state index in [1.807, 2.05) is 0 Å². The third-order valence-electron chi connectivity index (χ3n) is 3.29. The second-order valence-electron chi connectivity index (χ2n) is 4.68. The first-order chi connectivity index (χ1) is 10.0. The fraction of sp³-hybridized carbons (Fsp3) is 0.133. The molecule has 1 aromatic carbocycles. The lowest BCUT2D eigenvalue weighted by atomic mass is 10.1. The minimum atomic E-state index is -0.798. The maximum absolute atomic E-state index is 12.1. The van der Waals surface area contributed by atoms with Crippen molar-refractivity contribution in [3.8, 4) is 0 Å². The molecule has 0 unspecified atom stereocenters. The highest BCUT2D eigenvalue weighted by molar-refractivity contribution is 6.21. The number of aryl methyl sites for hydroxylation is 2. The molecule has 0 atom stereocenters. The minimum absolute atomic E-state index is 0.214. The number of carbonyl (C=O) groups is 3. The first-order valence-electron chi connectivity index (χ1n) is 6.25. The third kappa shape index (κ3) is 1.92. The number of imide groups is 1. The highest BCUT2D eigenvalue weighted by Crippen LogP contribution is 2.24. The van der Waals surface area contributed by atoms with E-state index in [2.05, 4.69) is 0 Å².